The summed E-state index contributed by atoms with van der Waals surface area (Å²) in [4.78, 5) is 0. The van der Waals surface area contributed by atoms with Gasteiger partial charge in [-0.3, -0.25) is 0 Å². The van der Waals surface area contributed by atoms with Crippen LogP contribution >= 0.6 is 0 Å². The van der Waals surface area contributed by atoms with Crippen molar-refractivity contribution in [3.63, 3.8) is 0 Å². The van der Waals surface area contributed by atoms with Gasteiger partial charge >= 0.3 is 0 Å². The van der Waals surface area contributed by atoms with Crippen LogP contribution in [0.5, 0.6) is 0 Å². The van der Waals surface area contributed by atoms with E-state index in [2.05, 4.69) is 29.7 Å². The van der Waals surface area contributed by atoms with E-state index >= 15 is 0 Å². The summed E-state index contributed by atoms with van der Waals surface area (Å²) in [5, 5.41) is 5.48. The van der Waals surface area contributed by atoms with Gasteiger partial charge in [0.1, 0.15) is 0 Å². The van der Waals surface area contributed by atoms with E-state index in [4.69, 9.17) is 0 Å². The van der Waals surface area contributed by atoms with E-state index in [0.717, 1.165) is 11.8 Å². The van der Waals surface area contributed by atoms with Crippen LogP contribution in [-0.4, -0.2) is 6.54 Å². The predicted octanol–water partition coefficient (Wildman–Crippen LogP) is -0.315. The van der Waals surface area contributed by atoms with Gasteiger partial charge in [0.15, 0.2) is 0 Å². The van der Waals surface area contributed by atoms with Crippen molar-refractivity contribution in [1.82, 2.24) is 5.32 Å². The highest BCUT2D eigenvalue weighted by molar-refractivity contribution is 5.37. The molecule has 10 heavy (non-hydrogen) atoms. The Morgan fingerprint density at radius 1 is 1.30 bits per heavy atom. The standard InChI is InChI=1S/C9H8N/c1-2-4-9-7-10-6-5-8(9)3-1/h1-5,10H,6H2. The number of hydrogen-bond donors (Lipinski definition) is 1. The topological polar surface area (TPSA) is 12.0 Å². The minimum absolute atomic E-state index is 0.900. The molecule has 2 rings (SSSR count). The second-order valence-electron chi connectivity index (χ2n) is 2.30. The van der Waals surface area contributed by atoms with Crippen molar-refractivity contribution >= 4 is 12.3 Å². The molecule has 0 amide bonds. The quantitative estimate of drug-likeness (QED) is 0.508. The molecule has 0 aliphatic carbocycles. The minimum atomic E-state index is 0.900. The third-order valence-electron chi connectivity index (χ3n) is 1.61. The van der Waals surface area contributed by atoms with Gasteiger partial charge < -0.3 is 5.32 Å². The van der Waals surface area contributed by atoms with Crippen LogP contribution in [0.1, 0.15) is 0 Å². The van der Waals surface area contributed by atoms with E-state index in [1.807, 2.05) is 12.1 Å². The zero-order chi connectivity index (χ0) is 6.81. The van der Waals surface area contributed by atoms with Crippen molar-refractivity contribution in [1.29, 1.82) is 0 Å². The summed E-state index contributed by atoms with van der Waals surface area (Å²) in [7, 11) is 0. The highest BCUT2D eigenvalue weighted by Gasteiger charge is 1.88. The van der Waals surface area contributed by atoms with Gasteiger partial charge in [-0.15, -0.1) is 0 Å². The fraction of sp³-hybridized carbons (Fsp3) is 0.111. The van der Waals surface area contributed by atoms with Gasteiger partial charge in [0.25, 0.3) is 0 Å². The molecule has 0 saturated heterocycles. The lowest BCUT2D eigenvalue weighted by molar-refractivity contribution is 1.05. The third kappa shape index (κ3) is 0.798. The van der Waals surface area contributed by atoms with Crippen LogP contribution in [-0.2, 0) is 0 Å². The predicted molar refractivity (Wildman–Crippen MR) is 41.6 cm³/mol. The van der Waals surface area contributed by atoms with Crippen molar-refractivity contribution < 1.29 is 0 Å². The van der Waals surface area contributed by atoms with Crippen molar-refractivity contribution in [2.75, 3.05) is 6.54 Å². The monoisotopic (exact) mass is 130 g/mol. The summed E-state index contributed by atoms with van der Waals surface area (Å²) >= 11 is 0. The van der Waals surface area contributed by atoms with Gasteiger partial charge in [0.05, 0.1) is 6.20 Å². The van der Waals surface area contributed by atoms with E-state index in [0.29, 0.717) is 0 Å². The summed E-state index contributed by atoms with van der Waals surface area (Å²) in [6.45, 7) is 0.900. The summed E-state index contributed by atoms with van der Waals surface area (Å²) in [5.41, 5.74) is 0. The van der Waals surface area contributed by atoms with Crippen molar-refractivity contribution in [3.05, 3.63) is 34.7 Å². The summed E-state index contributed by atoms with van der Waals surface area (Å²) in [5.74, 6) is 0. The number of nitrogens with one attached hydrogen (secondary N) is 1. The van der Waals surface area contributed by atoms with Gasteiger partial charge in [-0.25, -0.2) is 0 Å². The van der Waals surface area contributed by atoms with Crippen LogP contribution in [0.25, 0.3) is 12.3 Å². The molecule has 1 radical (unpaired) electrons. The Labute approximate surface area is 59.7 Å². The maximum atomic E-state index is 3.08. The highest BCUT2D eigenvalue weighted by Crippen LogP contribution is 1.75. The average Bonchev–Trinajstić information content (AvgIpc) is 2.05. The molecule has 0 atom stereocenters. The molecular formula is C9H8N. The Morgan fingerprint density at radius 2 is 2.20 bits per heavy atom. The van der Waals surface area contributed by atoms with Crippen LogP contribution in [0, 0.1) is 0 Å². The van der Waals surface area contributed by atoms with E-state index in [-0.39, 0.29) is 0 Å². The first kappa shape index (κ1) is 5.54. The van der Waals surface area contributed by atoms with Gasteiger partial charge in [-0.2, -0.15) is 0 Å². The SMILES string of the molecule is [C]1=c2ccccc2=CCN1. The number of benzene rings is 1. The van der Waals surface area contributed by atoms with E-state index in [1.54, 1.807) is 0 Å². The van der Waals surface area contributed by atoms with Gasteiger partial charge in [0.2, 0.25) is 0 Å². The molecule has 0 saturated carbocycles. The van der Waals surface area contributed by atoms with E-state index in [9.17, 15) is 0 Å². The Bertz CT molecular complexity index is 303. The Morgan fingerprint density at radius 3 is 3.10 bits per heavy atom. The van der Waals surface area contributed by atoms with Gasteiger partial charge in [-0.05, 0) is 5.22 Å². The molecule has 1 aliphatic rings. The van der Waals surface area contributed by atoms with Crippen molar-refractivity contribution in [2.45, 2.75) is 0 Å². The maximum absolute atomic E-state index is 3.08. The molecule has 1 aromatic carbocycles. The normalized spacial score (nSPS) is 14.0. The third-order valence-corrected chi connectivity index (χ3v) is 1.61. The Kier molecular flexibility index (Phi) is 1.21. The lowest BCUT2D eigenvalue weighted by Gasteiger charge is -1.99. The van der Waals surface area contributed by atoms with Crippen LogP contribution in [0.4, 0.5) is 0 Å². The van der Waals surface area contributed by atoms with Crippen LogP contribution < -0.4 is 15.8 Å². The Balaban J connectivity index is 2.84. The summed E-state index contributed by atoms with van der Waals surface area (Å²) in [6, 6.07) is 8.22. The van der Waals surface area contributed by atoms with E-state index < -0.39 is 0 Å². The zero-order valence-electron chi connectivity index (χ0n) is 5.59. The number of rotatable bonds is 0. The molecule has 1 nitrogen and oxygen atoms in total. The van der Waals surface area contributed by atoms with Crippen LogP contribution in [0.15, 0.2) is 24.3 Å². The second kappa shape index (κ2) is 2.18. The molecule has 0 aromatic heterocycles. The number of fused-ring (bicyclic) bond motifs is 1. The molecule has 1 N–H and O–H groups in total. The minimum Gasteiger partial charge on any atom is -0.379 e. The molecular weight excluding hydrogens is 122 g/mol. The molecule has 1 aromatic rings. The molecule has 0 unspecified atom stereocenters. The number of hydrogen-bond acceptors (Lipinski definition) is 1. The molecule has 0 fully saturated rings. The van der Waals surface area contributed by atoms with Gasteiger partial charge in [0, 0.05) is 11.8 Å². The summed E-state index contributed by atoms with van der Waals surface area (Å²) < 4.78 is 0. The molecule has 0 bridgehead atoms. The smallest absolute Gasteiger partial charge is 0.0664 e. The lowest BCUT2D eigenvalue weighted by Crippen LogP contribution is -2.32. The fourth-order valence-electron chi connectivity index (χ4n) is 1.10. The van der Waals surface area contributed by atoms with Crippen molar-refractivity contribution in [3.8, 4) is 0 Å². The molecule has 1 heteroatoms. The first-order valence-electron chi connectivity index (χ1n) is 3.38. The Hall–Kier alpha value is -1.24. The molecule has 49 valence electrons. The van der Waals surface area contributed by atoms with Crippen molar-refractivity contribution in [2.24, 2.45) is 0 Å². The summed E-state index contributed by atoms with van der Waals surface area (Å²) in [6.07, 6.45) is 5.24. The van der Waals surface area contributed by atoms with Crippen LogP contribution in [0.2, 0.25) is 0 Å². The molecule has 1 heterocycles. The highest BCUT2D eigenvalue weighted by atomic mass is 14.8. The van der Waals surface area contributed by atoms with Gasteiger partial charge in [-0.1, -0.05) is 30.3 Å². The molecule has 1 aliphatic heterocycles. The maximum Gasteiger partial charge on any atom is 0.0664 e. The largest absolute Gasteiger partial charge is 0.379 e. The fourth-order valence-corrected chi connectivity index (χ4v) is 1.10. The second-order valence-corrected chi connectivity index (χ2v) is 2.30. The zero-order valence-corrected chi connectivity index (χ0v) is 5.59. The molecule has 0 spiro atoms. The van der Waals surface area contributed by atoms with Crippen LogP contribution in [0.3, 0.4) is 0 Å². The average molecular weight is 130 g/mol. The van der Waals surface area contributed by atoms with E-state index in [1.165, 1.54) is 5.22 Å². The first-order chi connectivity index (χ1) is 4.97. The lowest BCUT2D eigenvalue weighted by atomic mass is 10.2. The first-order valence-corrected chi connectivity index (χ1v) is 3.38.